The van der Waals surface area contributed by atoms with Crippen molar-refractivity contribution in [2.75, 3.05) is 25.1 Å². The third kappa shape index (κ3) is 8.57. The van der Waals surface area contributed by atoms with E-state index < -0.39 is 9.84 Å². The summed E-state index contributed by atoms with van der Waals surface area (Å²) in [6.07, 6.45) is 1.22. The van der Waals surface area contributed by atoms with Crippen LogP contribution in [0.4, 0.5) is 0 Å². The molecule has 1 rings (SSSR count). The van der Waals surface area contributed by atoms with Crippen LogP contribution >= 0.6 is 35.3 Å². The molecule has 0 fully saturated rings. The highest BCUT2D eigenvalue weighted by Gasteiger charge is 2.06. The molecule has 0 aliphatic rings. The third-order valence-corrected chi connectivity index (χ3v) is 4.49. The number of nitrogens with zero attached hydrogens (tertiary/aromatic N) is 2. The molecule has 0 aliphatic carbocycles. The van der Waals surface area contributed by atoms with Crippen LogP contribution in [0.15, 0.2) is 4.99 Å². The number of halogens is 1. The van der Waals surface area contributed by atoms with Gasteiger partial charge in [-0.25, -0.2) is 18.4 Å². The summed E-state index contributed by atoms with van der Waals surface area (Å²) >= 11 is 1.63. The fourth-order valence-corrected chi connectivity index (χ4v) is 2.90. The first-order valence-electron chi connectivity index (χ1n) is 6.44. The van der Waals surface area contributed by atoms with Gasteiger partial charge in [-0.3, -0.25) is 0 Å². The molecule has 0 radical (unpaired) electrons. The fourth-order valence-electron chi connectivity index (χ4n) is 1.57. The smallest absolute Gasteiger partial charge is 0.191 e. The lowest BCUT2D eigenvalue weighted by Gasteiger charge is -2.10. The molecule has 0 spiro atoms. The molecule has 0 aromatic carbocycles. The number of aromatic nitrogens is 1. The Balaban J connectivity index is 0.00000400. The number of thiazole rings is 1. The van der Waals surface area contributed by atoms with E-state index in [-0.39, 0.29) is 29.7 Å². The standard InChI is InChI=1S/C12H22N4O2S2.HI/c1-5-13-12(14-6-7-20(4,17)18)15-8-11-9(2)16-10(3)19-11;/h5-8H2,1-4H3,(H2,13,14,15);1H. The van der Waals surface area contributed by atoms with E-state index in [0.29, 0.717) is 19.0 Å². The molecule has 1 heterocycles. The molecule has 2 N–H and O–H groups in total. The second kappa shape index (κ2) is 9.57. The van der Waals surface area contributed by atoms with Crippen molar-refractivity contribution in [1.82, 2.24) is 15.6 Å². The van der Waals surface area contributed by atoms with Crippen LogP contribution < -0.4 is 10.6 Å². The molecule has 0 aliphatic heterocycles. The van der Waals surface area contributed by atoms with Gasteiger partial charge in [-0.05, 0) is 20.8 Å². The number of sulfone groups is 1. The van der Waals surface area contributed by atoms with Crippen LogP contribution in [0.5, 0.6) is 0 Å². The Labute approximate surface area is 147 Å². The van der Waals surface area contributed by atoms with Crippen molar-refractivity contribution in [2.45, 2.75) is 27.3 Å². The van der Waals surface area contributed by atoms with Crippen LogP contribution in [-0.2, 0) is 16.4 Å². The van der Waals surface area contributed by atoms with Gasteiger partial charge in [-0.1, -0.05) is 0 Å². The van der Waals surface area contributed by atoms with Gasteiger partial charge in [0.15, 0.2) is 5.96 Å². The molecule has 0 unspecified atom stereocenters. The predicted octanol–water partition coefficient (Wildman–Crippen LogP) is 1.48. The number of hydrogen-bond donors (Lipinski definition) is 2. The van der Waals surface area contributed by atoms with Crippen LogP contribution in [0.25, 0.3) is 0 Å². The Bertz CT molecular complexity index is 570. The SMILES string of the molecule is CCNC(=NCc1sc(C)nc1C)NCCS(C)(=O)=O.I. The summed E-state index contributed by atoms with van der Waals surface area (Å²) in [6, 6.07) is 0. The lowest BCUT2D eigenvalue weighted by Crippen LogP contribution is -2.39. The zero-order valence-corrected chi connectivity index (χ0v) is 16.7. The van der Waals surface area contributed by atoms with Crippen molar-refractivity contribution < 1.29 is 8.42 Å². The predicted molar refractivity (Wildman–Crippen MR) is 99.5 cm³/mol. The summed E-state index contributed by atoms with van der Waals surface area (Å²) in [5, 5.41) is 7.14. The van der Waals surface area contributed by atoms with Crippen LogP contribution in [-0.4, -0.2) is 44.5 Å². The van der Waals surface area contributed by atoms with E-state index >= 15 is 0 Å². The first kappa shape index (κ1) is 20.6. The van der Waals surface area contributed by atoms with Gasteiger partial charge in [-0.2, -0.15) is 0 Å². The zero-order chi connectivity index (χ0) is 15.2. The summed E-state index contributed by atoms with van der Waals surface area (Å²) in [6.45, 7) is 7.54. The average molecular weight is 446 g/mol. The van der Waals surface area contributed by atoms with E-state index in [4.69, 9.17) is 0 Å². The van der Waals surface area contributed by atoms with Crippen LogP contribution in [0, 0.1) is 13.8 Å². The zero-order valence-electron chi connectivity index (χ0n) is 12.8. The van der Waals surface area contributed by atoms with Crippen molar-refractivity contribution in [3.63, 3.8) is 0 Å². The lowest BCUT2D eigenvalue weighted by atomic mass is 10.4. The molecule has 0 saturated carbocycles. The first-order valence-corrected chi connectivity index (χ1v) is 9.32. The largest absolute Gasteiger partial charge is 0.357 e. The van der Waals surface area contributed by atoms with Gasteiger partial charge in [0.1, 0.15) is 9.84 Å². The van der Waals surface area contributed by atoms with Gasteiger partial charge in [0.2, 0.25) is 0 Å². The molecule has 1 aromatic heterocycles. The molecular formula is C12H23IN4O2S2. The molecule has 1 aromatic rings. The van der Waals surface area contributed by atoms with Crippen molar-refractivity contribution in [1.29, 1.82) is 0 Å². The fraction of sp³-hybridized carbons (Fsp3) is 0.667. The van der Waals surface area contributed by atoms with Gasteiger partial charge in [-0.15, -0.1) is 35.3 Å². The maximum atomic E-state index is 11.1. The molecular weight excluding hydrogens is 423 g/mol. The summed E-state index contributed by atoms with van der Waals surface area (Å²) in [5.41, 5.74) is 1.00. The van der Waals surface area contributed by atoms with Crippen LogP contribution in [0.2, 0.25) is 0 Å². The first-order chi connectivity index (χ1) is 9.31. The van der Waals surface area contributed by atoms with Crippen molar-refractivity contribution >= 4 is 51.1 Å². The second-order valence-electron chi connectivity index (χ2n) is 4.49. The van der Waals surface area contributed by atoms with Gasteiger partial charge in [0.05, 0.1) is 23.0 Å². The van der Waals surface area contributed by atoms with Gasteiger partial charge in [0, 0.05) is 24.2 Å². The molecule has 9 heteroatoms. The van der Waals surface area contributed by atoms with E-state index in [0.717, 1.165) is 22.1 Å². The summed E-state index contributed by atoms with van der Waals surface area (Å²) < 4.78 is 22.2. The van der Waals surface area contributed by atoms with Gasteiger partial charge >= 0.3 is 0 Å². The molecule has 0 bridgehead atoms. The number of aliphatic imine (C=N–C) groups is 1. The Kier molecular flexibility index (Phi) is 9.38. The Morgan fingerprint density at radius 1 is 1.33 bits per heavy atom. The molecule has 0 saturated heterocycles. The number of guanidine groups is 1. The third-order valence-electron chi connectivity index (χ3n) is 2.49. The molecule has 6 nitrogen and oxygen atoms in total. The lowest BCUT2D eigenvalue weighted by molar-refractivity contribution is 0.600. The highest BCUT2D eigenvalue weighted by atomic mass is 127. The number of aryl methyl sites for hydroxylation is 2. The van der Waals surface area contributed by atoms with Gasteiger partial charge < -0.3 is 10.6 Å². The van der Waals surface area contributed by atoms with E-state index in [1.165, 1.54) is 6.26 Å². The Morgan fingerprint density at radius 2 is 2.00 bits per heavy atom. The van der Waals surface area contributed by atoms with Crippen molar-refractivity contribution in [2.24, 2.45) is 4.99 Å². The Morgan fingerprint density at radius 3 is 2.48 bits per heavy atom. The van der Waals surface area contributed by atoms with Gasteiger partial charge in [0.25, 0.3) is 0 Å². The average Bonchev–Trinajstić information content (AvgIpc) is 2.63. The van der Waals surface area contributed by atoms with Crippen molar-refractivity contribution in [3.8, 4) is 0 Å². The number of hydrogen-bond acceptors (Lipinski definition) is 5. The maximum absolute atomic E-state index is 11.1. The van der Waals surface area contributed by atoms with Crippen molar-refractivity contribution in [3.05, 3.63) is 15.6 Å². The molecule has 0 amide bonds. The minimum Gasteiger partial charge on any atom is -0.357 e. The molecule has 0 atom stereocenters. The topological polar surface area (TPSA) is 83.4 Å². The number of rotatable bonds is 6. The van der Waals surface area contributed by atoms with Crippen LogP contribution in [0.3, 0.4) is 0 Å². The van der Waals surface area contributed by atoms with E-state index in [2.05, 4.69) is 20.6 Å². The molecule has 122 valence electrons. The van der Waals surface area contributed by atoms with Crippen LogP contribution in [0.1, 0.15) is 22.5 Å². The summed E-state index contributed by atoms with van der Waals surface area (Å²) in [7, 11) is -2.96. The highest BCUT2D eigenvalue weighted by molar-refractivity contribution is 14.0. The minimum atomic E-state index is -2.96. The number of nitrogens with one attached hydrogen (secondary N) is 2. The highest BCUT2D eigenvalue weighted by Crippen LogP contribution is 2.17. The minimum absolute atomic E-state index is 0. The van der Waals surface area contributed by atoms with E-state index in [1.807, 2.05) is 20.8 Å². The quantitative estimate of drug-likeness (QED) is 0.393. The monoisotopic (exact) mass is 446 g/mol. The normalized spacial score (nSPS) is 11.9. The van der Waals surface area contributed by atoms with E-state index in [9.17, 15) is 8.42 Å². The maximum Gasteiger partial charge on any atom is 0.191 e. The van der Waals surface area contributed by atoms with E-state index in [1.54, 1.807) is 11.3 Å². The summed E-state index contributed by atoms with van der Waals surface area (Å²) in [4.78, 5) is 9.93. The second-order valence-corrected chi connectivity index (χ2v) is 8.04. The molecule has 21 heavy (non-hydrogen) atoms. The Hall–Kier alpha value is -0.420. The summed E-state index contributed by atoms with van der Waals surface area (Å²) in [5.74, 6) is 0.720.